The molecular weight excluding hydrogens is 535 g/mol. The molecule has 3 aliphatic rings. The van der Waals surface area contributed by atoms with Crippen LogP contribution in [0.25, 0.3) is 0 Å². The summed E-state index contributed by atoms with van der Waals surface area (Å²) in [6.07, 6.45) is 15.8. The highest BCUT2D eigenvalue weighted by Gasteiger charge is 2.24. The number of rotatable bonds is 8. The van der Waals surface area contributed by atoms with Crippen LogP contribution in [0.1, 0.15) is 73.3 Å². The van der Waals surface area contributed by atoms with Crippen LogP contribution in [0.15, 0.2) is 95.7 Å². The molecule has 0 aromatic heterocycles. The molecule has 2 heterocycles. The first-order chi connectivity index (χ1) is 20.0. The molecule has 2 aliphatic heterocycles. The molecule has 1 aromatic carbocycles. The number of carbonyl (C=O) groups excluding carboxylic acids is 1. The lowest BCUT2D eigenvalue weighted by Crippen LogP contribution is -2.46. The highest BCUT2D eigenvalue weighted by molar-refractivity contribution is 7.18. The number of hydrogen-bond donors (Lipinski definition) is 1. The van der Waals surface area contributed by atoms with Gasteiger partial charge in [0.1, 0.15) is 5.70 Å². The van der Waals surface area contributed by atoms with Crippen molar-refractivity contribution in [3.63, 3.8) is 0 Å². The first-order valence-electron chi connectivity index (χ1n) is 15.6. The van der Waals surface area contributed by atoms with Crippen molar-refractivity contribution in [3.8, 4) is 0 Å². The van der Waals surface area contributed by atoms with Gasteiger partial charge in [-0.25, -0.2) is 0 Å². The fraction of sp³-hybridized carbons (Fsp3) is 0.472. The Morgan fingerprint density at radius 3 is 2.19 bits per heavy atom. The summed E-state index contributed by atoms with van der Waals surface area (Å²) in [6.45, 7) is 23.7. The summed E-state index contributed by atoms with van der Waals surface area (Å²) in [5, 5.41) is 3.29. The molecule has 4 rings (SSSR count). The van der Waals surface area contributed by atoms with Gasteiger partial charge in [0.05, 0.1) is 0 Å². The zero-order valence-electron chi connectivity index (χ0n) is 27.0. The van der Waals surface area contributed by atoms with E-state index in [9.17, 15) is 4.79 Å². The molecule has 1 fully saturated rings. The highest BCUT2D eigenvalue weighted by atomic mass is 31.0. The Labute approximate surface area is 258 Å². The van der Waals surface area contributed by atoms with Gasteiger partial charge in [-0.3, -0.25) is 4.79 Å². The predicted molar refractivity (Wildman–Crippen MR) is 184 cm³/mol. The zero-order chi connectivity index (χ0) is 30.9. The molecule has 0 saturated carbocycles. The number of nitrogens with zero attached hydrogens (tertiary/aromatic N) is 3. The van der Waals surface area contributed by atoms with Gasteiger partial charge in [0, 0.05) is 61.2 Å². The van der Waals surface area contributed by atoms with E-state index in [0.717, 1.165) is 55.9 Å². The number of anilines is 1. The van der Waals surface area contributed by atoms with Crippen LogP contribution in [0.3, 0.4) is 0 Å². The van der Waals surface area contributed by atoms with Crippen LogP contribution in [0.2, 0.25) is 0 Å². The van der Waals surface area contributed by atoms with Gasteiger partial charge in [-0.2, -0.15) is 0 Å². The molecule has 0 radical (unpaired) electrons. The van der Waals surface area contributed by atoms with Gasteiger partial charge in [0.25, 0.3) is 5.91 Å². The van der Waals surface area contributed by atoms with E-state index < -0.39 is 0 Å². The largest absolute Gasteiger partial charge is 0.368 e. The van der Waals surface area contributed by atoms with Gasteiger partial charge in [0.2, 0.25) is 0 Å². The summed E-state index contributed by atoms with van der Waals surface area (Å²) in [5.74, 6) is 0.255. The van der Waals surface area contributed by atoms with Gasteiger partial charge in [0.15, 0.2) is 0 Å². The van der Waals surface area contributed by atoms with Gasteiger partial charge >= 0.3 is 0 Å². The third kappa shape index (κ3) is 8.98. The van der Waals surface area contributed by atoms with E-state index in [1.54, 1.807) is 0 Å². The summed E-state index contributed by atoms with van der Waals surface area (Å²) in [4.78, 5) is 20.2. The molecule has 6 heteroatoms. The van der Waals surface area contributed by atoms with E-state index in [2.05, 4.69) is 108 Å². The number of nitrogens with one attached hydrogen (secondary N) is 1. The van der Waals surface area contributed by atoms with E-state index in [1.807, 2.05) is 37.1 Å². The standard InChI is InChI=1S/C33H45N4OP.C3H8/c1-7-25(3)31(37-17-16-24(2)22-26(37)4)32(38)34-23-27-8-12-29(13-9-27)35-18-20-36(21-19-35)30-14-10-28(11-15-30)33(5,6)39;1-3-2/h8,10-17,22,27H,4,7,9,18-21,23,39H2,1-3,5-6H3,(H,34,38);3H2,1-2H3/b31-25+;. The van der Waals surface area contributed by atoms with E-state index in [1.165, 1.54) is 23.4 Å². The second kappa shape index (κ2) is 15.4. The maximum absolute atomic E-state index is 13.3. The van der Waals surface area contributed by atoms with Crippen molar-refractivity contribution in [2.24, 2.45) is 5.92 Å². The van der Waals surface area contributed by atoms with Gasteiger partial charge in [-0.05, 0) is 79.7 Å². The minimum Gasteiger partial charge on any atom is -0.368 e. The lowest BCUT2D eigenvalue weighted by Gasteiger charge is -2.38. The Balaban J connectivity index is 0.00000155. The normalized spacial score (nSPS) is 19.5. The molecule has 0 bridgehead atoms. The number of piperazine rings is 1. The molecule has 1 amide bonds. The second-order valence-electron chi connectivity index (χ2n) is 12.2. The number of benzene rings is 1. The van der Waals surface area contributed by atoms with E-state index in [4.69, 9.17) is 0 Å². The average molecular weight is 589 g/mol. The van der Waals surface area contributed by atoms with Crippen molar-refractivity contribution < 1.29 is 4.79 Å². The van der Waals surface area contributed by atoms with Crippen molar-refractivity contribution in [3.05, 3.63) is 101 Å². The van der Waals surface area contributed by atoms with Crippen LogP contribution >= 0.6 is 9.24 Å². The maximum Gasteiger partial charge on any atom is 0.268 e. The highest BCUT2D eigenvalue weighted by Crippen LogP contribution is 2.32. The smallest absolute Gasteiger partial charge is 0.268 e. The molecular formula is C36H53N4OP. The Kier molecular flexibility index (Phi) is 12.3. The summed E-state index contributed by atoms with van der Waals surface area (Å²) < 4.78 is 0. The van der Waals surface area contributed by atoms with Crippen LogP contribution in [0, 0.1) is 5.92 Å². The number of allylic oxidation sites excluding steroid dienone is 6. The molecule has 1 aromatic rings. The molecule has 228 valence electrons. The first kappa shape index (κ1) is 33.5. The minimum atomic E-state index is -0.0401. The Bertz CT molecular complexity index is 1240. The van der Waals surface area contributed by atoms with Crippen molar-refractivity contribution in [2.75, 3.05) is 37.6 Å². The van der Waals surface area contributed by atoms with Crippen molar-refractivity contribution in [1.82, 2.24) is 15.1 Å². The van der Waals surface area contributed by atoms with Crippen LogP contribution in [-0.4, -0.2) is 48.4 Å². The monoisotopic (exact) mass is 588 g/mol. The molecule has 2 unspecified atom stereocenters. The van der Waals surface area contributed by atoms with Crippen LogP contribution in [-0.2, 0) is 9.95 Å². The van der Waals surface area contributed by atoms with E-state index in [-0.39, 0.29) is 11.1 Å². The third-order valence-electron chi connectivity index (χ3n) is 7.90. The fourth-order valence-electron chi connectivity index (χ4n) is 5.23. The van der Waals surface area contributed by atoms with Crippen molar-refractivity contribution in [2.45, 2.75) is 72.9 Å². The van der Waals surface area contributed by atoms with Crippen molar-refractivity contribution >= 4 is 20.8 Å². The molecule has 5 nitrogen and oxygen atoms in total. The maximum atomic E-state index is 13.3. The quantitative estimate of drug-likeness (QED) is 0.248. The van der Waals surface area contributed by atoms with Crippen LogP contribution < -0.4 is 10.2 Å². The number of amides is 1. The summed E-state index contributed by atoms with van der Waals surface area (Å²) in [7, 11) is 2.92. The van der Waals surface area contributed by atoms with E-state index >= 15 is 0 Å². The summed E-state index contributed by atoms with van der Waals surface area (Å²) >= 11 is 0. The van der Waals surface area contributed by atoms with Crippen LogP contribution in [0.5, 0.6) is 0 Å². The Hall–Kier alpha value is -3.04. The molecule has 0 spiro atoms. The Morgan fingerprint density at radius 1 is 1.05 bits per heavy atom. The lowest BCUT2D eigenvalue weighted by atomic mass is 9.98. The number of carbonyl (C=O) groups is 1. The third-order valence-corrected chi connectivity index (χ3v) is 8.23. The van der Waals surface area contributed by atoms with Crippen molar-refractivity contribution in [1.29, 1.82) is 0 Å². The van der Waals surface area contributed by atoms with Gasteiger partial charge in [-0.1, -0.05) is 71.9 Å². The SMILES string of the molecule is C=C1C=C(C)C=CN1/C(C(=O)NCC1C=CC(N2CCN(c3ccc(C(C)(C)P)cc3)CC2)=CC1)=C(\C)CC.CCC. The zero-order valence-corrected chi connectivity index (χ0v) is 28.2. The number of hydrogen-bond acceptors (Lipinski definition) is 4. The van der Waals surface area contributed by atoms with E-state index in [0.29, 0.717) is 18.2 Å². The van der Waals surface area contributed by atoms with Crippen LogP contribution in [0.4, 0.5) is 5.69 Å². The molecule has 1 aliphatic carbocycles. The molecule has 1 N–H and O–H groups in total. The van der Waals surface area contributed by atoms with Gasteiger partial charge < -0.3 is 20.0 Å². The first-order valence-corrected chi connectivity index (χ1v) is 16.2. The van der Waals surface area contributed by atoms with Gasteiger partial charge in [-0.15, -0.1) is 9.24 Å². The summed E-state index contributed by atoms with van der Waals surface area (Å²) in [6, 6.07) is 9.01. The predicted octanol–water partition coefficient (Wildman–Crippen LogP) is 7.88. The molecule has 1 saturated heterocycles. The molecule has 42 heavy (non-hydrogen) atoms. The lowest BCUT2D eigenvalue weighted by molar-refractivity contribution is -0.118. The molecule has 2 atom stereocenters. The minimum absolute atomic E-state index is 0.0401. The average Bonchev–Trinajstić information content (AvgIpc) is 2.97. The Morgan fingerprint density at radius 2 is 1.67 bits per heavy atom. The second-order valence-corrected chi connectivity index (χ2v) is 13.6. The topological polar surface area (TPSA) is 38.8 Å². The fourth-order valence-corrected chi connectivity index (χ4v) is 5.43. The summed E-state index contributed by atoms with van der Waals surface area (Å²) in [5.41, 5.74) is 7.63.